The molecule has 2 atom stereocenters. The van der Waals surface area contributed by atoms with Gasteiger partial charge in [-0.15, -0.1) is 0 Å². The normalized spacial score (nSPS) is 21.7. The van der Waals surface area contributed by atoms with Crippen LogP contribution in [0.5, 0.6) is 5.75 Å². The third kappa shape index (κ3) is 2.70. The Hall–Kier alpha value is -2.04. The van der Waals surface area contributed by atoms with Crippen LogP contribution in [-0.4, -0.2) is 35.6 Å². The maximum Gasteiger partial charge on any atom is 0.248 e. The van der Waals surface area contributed by atoms with Gasteiger partial charge < -0.3 is 15.2 Å². The Bertz CT molecular complexity index is 525. The largest absolute Gasteiger partial charge is 0.507 e. The van der Waals surface area contributed by atoms with Crippen molar-refractivity contribution in [2.45, 2.75) is 32.9 Å². The van der Waals surface area contributed by atoms with E-state index in [9.17, 15) is 9.90 Å². The average molecular weight is 262 g/mol. The molecule has 19 heavy (non-hydrogen) atoms. The van der Waals surface area contributed by atoms with Gasteiger partial charge in [0.1, 0.15) is 11.9 Å². The van der Waals surface area contributed by atoms with Crippen LogP contribution in [0, 0.1) is 6.92 Å². The SMILES string of the molecule is CCNC(=O)[C@@H]1N=C(c2ccc(C)cc2O)O[C@@H]1C. The van der Waals surface area contributed by atoms with E-state index >= 15 is 0 Å². The van der Waals surface area contributed by atoms with Crippen LogP contribution in [0.2, 0.25) is 0 Å². The summed E-state index contributed by atoms with van der Waals surface area (Å²) in [6.45, 7) is 6.10. The lowest BCUT2D eigenvalue weighted by Gasteiger charge is -2.12. The summed E-state index contributed by atoms with van der Waals surface area (Å²) in [5.74, 6) is 0.278. The van der Waals surface area contributed by atoms with Gasteiger partial charge in [-0.05, 0) is 38.5 Å². The molecule has 0 radical (unpaired) electrons. The Labute approximate surface area is 112 Å². The zero-order valence-electron chi connectivity index (χ0n) is 11.3. The molecule has 0 saturated carbocycles. The molecule has 1 aromatic rings. The Morgan fingerprint density at radius 2 is 2.26 bits per heavy atom. The highest BCUT2D eigenvalue weighted by atomic mass is 16.5. The minimum atomic E-state index is -0.560. The number of amides is 1. The molecule has 1 amide bonds. The molecule has 1 heterocycles. The van der Waals surface area contributed by atoms with Gasteiger partial charge in [0.05, 0.1) is 5.56 Å². The summed E-state index contributed by atoms with van der Waals surface area (Å²) < 4.78 is 5.58. The number of carbonyl (C=O) groups excluding carboxylic acids is 1. The number of aliphatic imine (C=N–C) groups is 1. The summed E-state index contributed by atoms with van der Waals surface area (Å²) in [7, 11) is 0. The highest BCUT2D eigenvalue weighted by molar-refractivity contribution is 6.00. The topological polar surface area (TPSA) is 70.9 Å². The van der Waals surface area contributed by atoms with Crippen LogP contribution < -0.4 is 5.32 Å². The zero-order chi connectivity index (χ0) is 14.0. The molecule has 0 unspecified atom stereocenters. The Balaban J connectivity index is 2.26. The van der Waals surface area contributed by atoms with E-state index in [-0.39, 0.29) is 17.8 Å². The van der Waals surface area contributed by atoms with Crippen LogP contribution in [0.25, 0.3) is 0 Å². The molecular weight excluding hydrogens is 244 g/mol. The second-order valence-electron chi connectivity index (χ2n) is 4.62. The summed E-state index contributed by atoms with van der Waals surface area (Å²) >= 11 is 0. The predicted octanol–water partition coefficient (Wildman–Crippen LogP) is 1.37. The number of benzene rings is 1. The number of phenolic OH excluding ortho intramolecular Hbond substituents is 1. The molecule has 5 heteroatoms. The van der Waals surface area contributed by atoms with E-state index in [0.717, 1.165) is 5.56 Å². The highest BCUT2D eigenvalue weighted by Gasteiger charge is 2.34. The smallest absolute Gasteiger partial charge is 0.248 e. The first-order chi connectivity index (χ1) is 9.02. The van der Waals surface area contributed by atoms with E-state index in [2.05, 4.69) is 10.3 Å². The molecular formula is C14H18N2O3. The lowest BCUT2D eigenvalue weighted by atomic mass is 10.1. The molecule has 5 nitrogen and oxygen atoms in total. The van der Waals surface area contributed by atoms with Crippen LogP contribution in [0.4, 0.5) is 0 Å². The van der Waals surface area contributed by atoms with Crippen molar-refractivity contribution in [1.82, 2.24) is 5.32 Å². The molecule has 1 aromatic carbocycles. The molecule has 0 aromatic heterocycles. The number of aromatic hydroxyl groups is 1. The van der Waals surface area contributed by atoms with Crippen LogP contribution in [0.1, 0.15) is 25.0 Å². The minimum Gasteiger partial charge on any atom is -0.507 e. The van der Waals surface area contributed by atoms with Gasteiger partial charge in [-0.3, -0.25) is 4.79 Å². The standard InChI is InChI=1S/C14H18N2O3/c1-4-15-13(18)12-9(3)19-14(16-12)10-6-5-8(2)7-11(10)17/h5-7,9,12,17H,4H2,1-3H3,(H,15,18)/t9-,12-/m1/s1. The Morgan fingerprint density at radius 1 is 1.53 bits per heavy atom. The van der Waals surface area contributed by atoms with Gasteiger partial charge in [0.15, 0.2) is 6.04 Å². The van der Waals surface area contributed by atoms with Gasteiger partial charge in [0, 0.05) is 6.54 Å². The summed E-state index contributed by atoms with van der Waals surface area (Å²) in [5, 5.41) is 12.6. The fourth-order valence-electron chi connectivity index (χ4n) is 2.01. The van der Waals surface area contributed by atoms with Crippen LogP contribution >= 0.6 is 0 Å². The maximum atomic E-state index is 11.8. The molecule has 1 aliphatic rings. The lowest BCUT2D eigenvalue weighted by Crippen LogP contribution is -2.38. The lowest BCUT2D eigenvalue weighted by molar-refractivity contribution is -0.123. The summed E-state index contributed by atoms with van der Waals surface area (Å²) in [6, 6.07) is 4.70. The van der Waals surface area contributed by atoms with Crippen molar-refractivity contribution >= 4 is 11.8 Å². The fraction of sp³-hybridized carbons (Fsp3) is 0.429. The first kappa shape index (κ1) is 13.4. The molecule has 0 bridgehead atoms. The molecule has 1 aliphatic heterocycles. The predicted molar refractivity (Wildman–Crippen MR) is 72.4 cm³/mol. The molecule has 0 spiro atoms. The van der Waals surface area contributed by atoms with Crippen LogP contribution in [0.15, 0.2) is 23.2 Å². The van der Waals surface area contributed by atoms with E-state index in [1.807, 2.05) is 19.9 Å². The van der Waals surface area contributed by atoms with E-state index < -0.39 is 6.04 Å². The highest BCUT2D eigenvalue weighted by Crippen LogP contribution is 2.25. The molecule has 102 valence electrons. The number of hydrogen-bond acceptors (Lipinski definition) is 4. The summed E-state index contributed by atoms with van der Waals surface area (Å²) in [4.78, 5) is 16.1. The summed E-state index contributed by atoms with van der Waals surface area (Å²) in [5.41, 5.74) is 1.47. The fourth-order valence-corrected chi connectivity index (χ4v) is 2.01. The second-order valence-corrected chi connectivity index (χ2v) is 4.62. The molecule has 0 aliphatic carbocycles. The van der Waals surface area contributed by atoms with Crippen molar-refractivity contribution < 1.29 is 14.6 Å². The van der Waals surface area contributed by atoms with Gasteiger partial charge in [-0.1, -0.05) is 6.07 Å². The second kappa shape index (κ2) is 5.30. The van der Waals surface area contributed by atoms with Crippen molar-refractivity contribution in [2.24, 2.45) is 4.99 Å². The molecule has 0 saturated heterocycles. The van der Waals surface area contributed by atoms with E-state index in [1.54, 1.807) is 19.1 Å². The number of ether oxygens (including phenoxy) is 1. The number of hydrogen-bond donors (Lipinski definition) is 2. The first-order valence-electron chi connectivity index (χ1n) is 6.35. The van der Waals surface area contributed by atoms with Crippen molar-refractivity contribution in [3.8, 4) is 5.75 Å². The number of aryl methyl sites for hydroxylation is 1. The number of phenols is 1. The number of nitrogens with zero attached hydrogens (tertiary/aromatic N) is 1. The van der Waals surface area contributed by atoms with Crippen molar-refractivity contribution in [1.29, 1.82) is 0 Å². The zero-order valence-corrected chi connectivity index (χ0v) is 11.3. The van der Waals surface area contributed by atoms with Gasteiger partial charge >= 0.3 is 0 Å². The number of carbonyl (C=O) groups is 1. The monoisotopic (exact) mass is 262 g/mol. The van der Waals surface area contributed by atoms with E-state index in [4.69, 9.17) is 4.74 Å². The third-order valence-corrected chi connectivity index (χ3v) is 3.00. The van der Waals surface area contributed by atoms with Gasteiger partial charge in [0.25, 0.3) is 0 Å². The van der Waals surface area contributed by atoms with Crippen molar-refractivity contribution in [3.05, 3.63) is 29.3 Å². The summed E-state index contributed by atoms with van der Waals surface area (Å²) in [6.07, 6.45) is -0.331. The van der Waals surface area contributed by atoms with Crippen molar-refractivity contribution in [2.75, 3.05) is 6.54 Å². The number of likely N-dealkylation sites (N-methyl/N-ethyl adjacent to an activating group) is 1. The molecule has 0 fully saturated rings. The average Bonchev–Trinajstić information content (AvgIpc) is 2.71. The number of rotatable bonds is 3. The Morgan fingerprint density at radius 3 is 2.89 bits per heavy atom. The van der Waals surface area contributed by atoms with Crippen LogP contribution in [-0.2, 0) is 9.53 Å². The van der Waals surface area contributed by atoms with E-state index in [1.165, 1.54) is 0 Å². The van der Waals surface area contributed by atoms with Gasteiger partial charge in [-0.25, -0.2) is 4.99 Å². The van der Waals surface area contributed by atoms with Crippen molar-refractivity contribution in [3.63, 3.8) is 0 Å². The molecule has 2 N–H and O–H groups in total. The molecule has 2 rings (SSSR count). The maximum absolute atomic E-state index is 11.8. The van der Waals surface area contributed by atoms with Gasteiger partial charge in [0.2, 0.25) is 11.8 Å². The minimum absolute atomic E-state index is 0.113. The third-order valence-electron chi connectivity index (χ3n) is 3.00. The quantitative estimate of drug-likeness (QED) is 0.864. The van der Waals surface area contributed by atoms with Crippen LogP contribution in [0.3, 0.4) is 0 Å². The number of nitrogens with one attached hydrogen (secondary N) is 1. The van der Waals surface area contributed by atoms with Gasteiger partial charge in [-0.2, -0.15) is 0 Å². The Kier molecular flexibility index (Phi) is 3.74. The first-order valence-corrected chi connectivity index (χ1v) is 6.35. The van der Waals surface area contributed by atoms with E-state index in [0.29, 0.717) is 18.0 Å².